The van der Waals surface area contributed by atoms with Gasteiger partial charge in [0, 0.05) is 26.1 Å². The Bertz CT molecular complexity index is 387. The van der Waals surface area contributed by atoms with Gasteiger partial charge in [-0.05, 0) is 13.8 Å². The van der Waals surface area contributed by atoms with Crippen molar-refractivity contribution >= 4 is 5.91 Å². The standard InChI is InChI=1S/C10H17N5O/c1-3-15-7(2)13-14-9(15)6-8-10(16)12-5-4-11-8/h8,11H,3-6H2,1-2H3,(H,12,16). The second-order valence-electron chi connectivity index (χ2n) is 3.91. The number of nitrogens with one attached hydrogen (secondary N) is 2. The first kappa shape index (κ1) is 11.1. The maximum atomic E-state index is 11.6. The molecule has 2 N–H and O–H groups in total. The monoisotopic (exact) mass is 223 g/mol. The summed E-state index contributed by atoms with van der Waals surface area (Å²) in [5.74, 6) is 1.82. The number of carbonyl (C=O) groups is 1. The normalized spacial score (nSPS) is 20.9. The van der Waals surface area contributed by atoms with E-state index in [9.17, 15) is 4.79 Å². The summed E-state index contributed by atoms with van der Waals surface area (Å²) in [5.41, 5.74) is 0. The van der Waals surface area contributed by atoms with Crippen molar-refractivity contribution in [2.45, 2.75) is 32.9 Å². The fourth-order valence-corrected chi connectivity index (χ4v) is 1.98. The Labute approximate surface area is 94.4 Å². The lowest BCUT2D eigenvalue weighted by molar-refractivity contribution is -0.124. The van der Waals surface area contributed by atoms with E-state index in [0.29, 0.717) is 13.0 Å². The third kappa shape index (κ3) is 2.06. The Balaban J connectivity index is 2.10. The van der Waals surface area contributed by atoms with E-state index < -0.39 is 0 Å². The summed E-state index contributed by atoms with van der Waals surface area (Å²) < 4.78 is 2.03. The van der Waals surface area contributed by atoms with Crippen LogP contribution < -0.4 is 10.6 Å². The molecule has 0 bridgehead atoms. The molecule has 1 atom stereocenters. The van der Waals surface area contributed by atoms with Crippen molar-refractivity contribution < 1.29 is 4.79 Å². The van der Waals surface area contributed by atoms with Crippen molar-refractivity contribution in [3.8, 4) is 0 Å². The highest BCUT2D eigenvalue weighted by atomic mass is 16.2. The summed E-state index contributed by atoms with van der Waals surface area (Å²) in [5, 5.41) is 14.2. The molecule has 0 aromatic carbocycles. The minimum Gasteiger partial charge on any atom is -0.353 e. The zero-order valence-corrected chi connectivity index (χ0v) is 9.66. The van der Waals surface area contributed by atoms with Gasteiger partial charge in [0.2, 0.25) is 5.91 Å². The summed E-state index contributed by atoms with van der Waals surface area (Å²) in [4.78, 5) is 11.6. The molecular formula is C10H17N5O. The lowest BCUT2D eigenvalue weighted by Gasteiger charge is -2.23. The number of piperazine rings is 1. The summed E-state index contributed by atoms with van der Waals surface area (Å²) in [6, 6.07) is -0.178. The molecule has 1 saturated heterocycles. The molecule has 1 aromatic rings. The van der Waals surface area contributed by atoms with Gasteiger partial charge in [-0.2, -0.15) is 0 Å². The number of aryl methyl sites for hydroxylation is 1. The largest absolute Gasteiger partial charge is 0.353 e. The van der Waals surface area contributed by atoms with Crippen molar-refractivity contribution in [1.82, 2.24) is 25.4 Å². The SMILES string of the molecule is CCn1c(C)nnc1CC1NCCNC1=O. The van der Waals surface area contributed by atoms with Crippen LogP contribution in [-0.2, 0) is 17.8 Å². The van der Waals surface area contributed by atoms with Crippen LogP contribution in [0.2, 0.25) is 0 Å². The fourth-order valence-electron chi connectivity index (χ4n) is 1.98. The number of nitrogens with zero attached hydrogens (tertiary/aromatic N) is 3. The average molecular weight is 223 g/mol. The van der Waals surface area contributed by atoms with E-state index in [1.54, 1.807) is 0 Å². The van der Waals surface area contributed by atoms with E-state index in [1.807, 2.05) is 18.4 Å². The van der Waals surface area contributed by atoms with E-state index in [0.717, 1.165) is 24.7 Å². The van der Waals surface area contributed by atoms with Gasteiger partial charge in [0.05, 0.1) is 6.04 Å². The van der Waals surface area contributed by atoms with Crippen LogP contribution in [0.25, 0.3) is 0 Å². The minimum atomic E-state index is -0.178. The van der Waals surface area contributed by atoms with Gasteiger partial charge in [-0.1, -0.05) is 0 Å². The molecule has 1 fully saturated rings. The van der Waals surface area contributed by atoms with E-state index in [2.05, 4.69) is 20.8 Å². The van der Waals surface area contributed by atoms with Crippen LogP contribution in [0.5, 0.6) is 0 Å². The maximum Gasteiger partial charge on any atom is 0.237 e. The smallest absolute Gasteiger partial charge is 0.237 e. The van der Waals surface area contributed by atoms with Gasteiger partial charge in [-0.3, -0.25) is 4.79 Å². The van der Waals surface area contributed by atoms with E-state index in [-0.39, 0.29) is 11.9 Å². The van der Waals surface area contributed by atoms with Crippen LogP contribution in [0.4, 0.5) is 0 Å². The molecular weight excluding hydrogens is 206 g/mol. The van der Waals surface area contributed by atoms with Crippen LogP contribution >= 0.6 is 0 Å². The fraction of sp³-hybridized carbons (Fsp3) is 0.700. The van der Waals surface area contributed by atoms with Crippen molar-refractivity contribution in [2.75, 3.05) is 13.1 Å². The number of aromatic nitrogens is 3. The summed E-state index contributed by atoms with van der Waals surface area (Å²) in [7, 11) is 0. The molecule has 2 rings (SSSR count). The van der Waals surface area contributed by atoms with Crippen molar-refractivity contribution in [3.63, 3.8) is 0 Å². The Morgan fingerprint density at radius 1 is 1.44 bits per heavy atom. The molecule has 0 radical (unpaired) electrons. The zero-order chi connectivity index (χ0) is 11.5. The second-order valence-corrected chi connectivity index (χ2v) is 3.91. The first-order valence-electron chi connectivity index (χ1n) is 5.62. The highest BCUT2D eigenvalue weighted by molar-refractivity contribution is 5.82. The van der Waals surface area contributed by atoms with Crippen LogP contribution in [0.3, 0.4) is 0 Å². The Morgan fingerprint density at radius 2 is 2.25 bits per heavy atom. The highest BCUT2D eigenvalue weighted by Crippen LogP contribution is 2.05. The van der Waals surface area contributed by atoms with Crippen LogP contribution in [0.15, 0.2) is 0 Å². The van der Waals surface area contributed by atoms with Gasteiger partial charge in [0.1, 0.15) is 11.6 Å². The molecule has 0 saturated carbocycles. The minimum absolute atomic E-state index is 0.0505. The third-order valence-electron chi connectivity index (χ3n) is 2.85. The molecule has 0 spiro atoms. The van der Waals surface area contributed by atoms with Gasteiger partial charge >= 0.3 is 0 Å². The predicted molar refractivity (Wildman–Crippen MR) is 58.9 cm³/mol. The van der Waals surface area contributed by atoms with E-state index >= 15 is 0 Å². The van der Waals surface area contributed by atoms with E-state index in [4.69, 9.17) is 0 Å². The van der Waals surface area contributed by atoms with Gasteiger partial charge in [-0.25, -0.2) is 0 Å². The maximum absolute atomic E-state index is 11.6. The second kappa shape index (κ2) is 4.61. The molecule has 1 unspecified atom stereocenters. The highest BCUT2D eigenvalue weighted by Gasteiger charge is 2.23. The molecule has 6 nitrogen and oxygen atoms in total. The lowest BCUT2D eigenvalue weighted by Crippen LogP contribution is -2.54. The molecule has 1 aliphatic rings. The Hall–Kier alpha value is -1.43. The van der Waals surface area contributed by atoms with Gasteiger partial charge in [0.15, 0.2) is 0 Å². The molecule has 1 aliphatic heterocycles. The molecule has 1 aromatic heterocycles. The number of amides is 1. The van der Waals surface area contributed by atoms with Crippen molar-refractivity contribution in [2.24, 2.45) is 0 Å². The number of carbonyl (C=O) groups excluding carboxylic acids is 1. The van der Waals surface area contributed by atoms with Gasteiger partial charge < -0.3 is 15.2 Å². The quantitative estimate of drug-likeness (QED) is 0.706. The predicted octanol–water partition coefficient (Wildman–Crippen LogP) is -0.763. The van der Waals surface area contributed by atoms with E-state index in [1.165, 1.54) is 0 Å². The van der Waals surface area contributed by atoms with Gasteiger partial charge in [-0.15, -0.1) is 10.2 Å². The molecule has 88 valence electrons. The molecule has 16 heavy (non-hydrogen) atoms. The van der Waals surface area contributed by atoms with Crippen LogP contribution in [0, 0.1) is 6.92 Å². The zero-order valence-electron chi connectivity index (χ0n) is 9.66. The number of hydrogen-bond acceptors (Lipinski definition) is 4. The topological polar surface area (TPSA) is 71.8 Å². The Kier molecular flexibility index (Phi) is 3.19. The number of hydrogen-bond donors (Lipinski definition) is 2. The first-order valence-corrected chi connectivity index (χ1v) is 5.62. The van der Waals surface area contributed by atoms with Gasteiger partial charge in [0.25, 0.3) is 0 Å². The first-order chi connectivity index (χ1) is 7.72. The summed E-state index contributed by atoms with van der Waals surface area (Å²) >= 11 is 0. The molecule has 1 amide bonds. The third-order valence-corrected chi connectivity index (χ3v) is 2.85. The summed E-state index contributed by atoms with van der Waals surface area (Å²) in [6.45, 7) is 6.33. The van der Waals surface area contributed by atoms with Crippen molar-refractivity contribution in [3.05, 3.63) is 11.6 Å². The summed E-state index contributed by atoms with van der Waals surface area (Å²) in [6.07, 6.45) is 0.598. The Morgan fingerprint density at radius 3 is 2.94 bits per heavy atom. The molecule has 2 heterocycles. The number of rotatable bonds is 3. The van der Waals surface area contributed by atoms with Crippen LogP contribution in [0.1, 0.15) is 18.6 Å². The molecule has 6 heteroatoms. The average Bonchev–Trinajstić information content (AvgIpc) is 2.63. The van der Waals surface area contributed by atoms with Crippen molar-refractivity contribution in [1.29, 1.82) is 0 Å². The molecule has 0 aliphatic carbocycles. The van der Waals surface area contributed by atoms with Crippen LogP contribution in [-0.4, -0.2) is 39.8 Å². The lowest BCUT2D eigenvalue weighted by atomic mass is 10.1.